The van der Waals surface area contributed by atoms with Crippen LogP contribution in [0.2, 0.25) is 0 Å². The standard InChI is InChI=1S/C21H21NO3/c23-19(17-6-7-20-21(14-17)25-13-12-24-20)9-11-22-10-8-18(15-22)16-4-2-1-3-5-16/h1-7,12-14,18H,8-11,15H2. The van der Waals surface area contributed by atoms with Crippen molar-refractivity contribution in [2.75, 3.05) is 19.6 Å². The Morgan fingerprint density at radius 1 is 1.04 bits per heavy atom. The largest absolute Gasteiger partial charge is 0.458 e. The summed E-state index contributed by atoms with van der Waals surface area (Å²) in [5.41, 5.74) is 2.08. The summed E-state index contributed by atoms with van der Waals surface area (Å²) >= 11 is 0. The number of benzene rings is 2. The average molecular weight is 335 g/mol. The lowest BCUT2D eigenvalue weighted by molar-refractivity contribution is 0.0968. The molecule has 0 amide bonds. The molecule has 1 saturated heterocycles. The van der Waals surface area contributed by atoms with Gasteiger partial charge in [-0.25, -0.2) is 0 Å². The van der Waals surface area contributed by atoms with Gasteiger partial charge in [-0.15, -0.1) is 0 Å². The zero-order chi connectivity index (χ0) is 17.1. The number of hydrogen-bond donors (Lipinski definition) is 0. The number of rotatable bonds is 5. The van der Waals surface area contributed by atoms with E-state index in [1.807, 2.05) is 0 Å². The number of carbonyl (C=O) groups is 1. The summed E-state index contributed by atoms with van der Waals surface area (Å²) in [7, 11) is 0. The lowest BCUT2D eigenvalue weighted by Crippen LogP contribution is -2.23. The number of ether oxygens (including phenoxy) is 2. The second-order valence-corrected chi connectivity index (χ2v) is 6.54. The summed E-state index contributed by atoms with van der Waals surface area (Å²) in [4.78, 5) is 14.9. The van der Waals surface area contributed by atoms with Crippen molar-refractivity contribution in [2.45, 2.75) is 18.8 Å². The Morgan fingerprint density at radius 3 is 2.68 bits per heavy atom. The van der Waals surface area contributed by atoms with Gasteiger partial charge in [0, 0.05) is 25.1 Å². The van der Waals surface area contributed by atoms with Crippen molar-refractivity contribution in [1.82, 2.24) is 4.90 Å². The van der Waals surface area contributed by atoms with Gasteiger partial charge < -0.3 is 14.4 Å². The predicted octanol–water partition coefficient (Wildman–Crippen LogP) is 3.99. The molecule has 1 fully saturated rings. The van der Waals surface area contributed by atoms with Crippen molar-refractivity contribution in [3.63, 3.8) is 0 Å². The third kappa shape index (κ3) is 3.59. The lowest BCUT2D eigenvalue weighted by Gasteiger charge is -2.16. The van der Waals surface area contributed by atoms with Crippen LogP contribution in [-0.2, 0) is 0 Å². The molecule has 0 spiro atoms. The molecule has 0 aliphatic carbocycles. The van der Waals surface area contributed by atoms with E-state index in [1.54, 1.807) is 18.2 Å². The molecule has 1 atom stereocenters. The van der Waals surface area contributed by atoms with E-state index in [4.69, 9.17) is 9.47 Å². The molecule has 2 aliphatic heterocycles. The maximum Gasteiger partial charge on any atom is 0.169 e. The maximum absolute atomic E-state index is 12.5. The number of ketones is 1. The highest BCUT2D eigenvalue weighted by atomic mass is 16.5. The van der Waals surface area contributed by atoms with Crippen LogP contribution in [0.3, 0.4) is 0 Å². The molecule has 4 heteroatoms. The van der Waals surface area contributed by atoms with Crippen molar-refractivity contribution in [3.8, 4) is 11.5 Å². The third-order valence-electron chi connectivity index (χ3n) is 4.91. The van der Waals surface area contributed by atoms with Gasteiger partial charge in [0.2, 0.25) is 0 Å². The van der Waals surface area contributed by atoms with Gasteiger partial charge in [0.1, 0.15) is 12.5 Å². The lowest BCUT2D eigenvalue weighted by atomic mass is 9.99. The Balaban J connectivity index is 1.32. The van der Waals surface area contributed by atoms with Gasteiger partial charge in [0.15, 0.2) is 17.3 Å². The summed E-state index contributed by atoms with van der Waals surface area (Å²) in [5, 5.41) is 0. The fraction of sp³-hybridized carbons (Fsp3) is 0.286. The fourth-order valence-electron chi connectivity index (χ4n) is 3.51. The highest BCUT2D eigenvalue weighted by Crippen LogP contribution is 2.32. The molecular formula is C21H21NO3. The van der Waals surface area contributed by atoms with Crippen LogP contribution in [0.4, 0.5) is 0 Å². The number of likely N-dealkylation sites (tertiary alicyclic amines) is 1. The highest BCUT2D eigenvalue weighted by molar-refractivity contribution is 5.96. The molecule has 0 bridgehead atoms. The zero-order valence-electron chi connectivity index (χ0n) is 14.1. The van der Waals surface area contributed by atoms with Crippen LogP contribution in [-0.4, -0.2) is 30.3 Å². The van der Waals surface area contributed by atoms with E-state index in [9.17, 15) is 4.79 Å². The van der Waals surface area contributed by atoms with Gasteiger partial charge in [-0.1, -0.05) is 30.3 Å². The number of nitrogens with zero attached hydrogens (tertiary/aromatic N) is 1. The Labute approximate surface area is 147 Å². The molecule has 0 saturated carbocycles. The maximum atomic E-state index is 12.5. The van der Waals surface area contributed by atoms with E-state index in [-0.39, 0.29) is 5.78 Å². The highest BCUT2D eigenvalue weighted by Gasteiger charge is 2.24. The topological polar surface area (TPSA) is 38.8 Å². The molecule has 0 aromatic heterocycles. The summed E-state index contributed by atoms with van der Waals surface area (Å²) in [6.45, 7) is 2.89. The van der Waals surface area contributed by atoms with Gasteiger partial charge in [-0.2, -0.15) is 0 Å². The van der Waals surface area contributed by atoms with Crippen molar-refractivity contribution in [1.29, 1.82) is 0 Å². The van der Waals surface area contributed by atoms with Crippen molar-refractivity contribution in [2.24, 2.45) is 0 Å². The Hall–Kier alpha value is -2.59. The molecule has 2 aromatic rings. The molecule has 0 N–H and O–H groups in total. The van der Waals surface area contributed by atoms with E-state index in [2.05, 4.69) is 35.2 Å². The van der Waals surface area contributed by atoms with Gasteiger partial charge in [-0.05, 0) is 42.6 Å². The van der Waals surface area contributed by atoms with E-state index < -0.39 is 0 Å². The molecule has 4 rings (SSSR count). The third-order valence-corrected chi connectivity index (χ3v) is 4.91. The summed E-state index contributed by atoms with van der Waals surface area (Å²) in [6, 6.07) is 16.0. The van der Waals surface area contributed by atoms with Crippen LogP contribution in [0.25, 0.3) is 0 Å². The Kier molecular flexibility index (Phi) is 4.53. The van der Waals surface area contributed by atoms with Gasteiger partial charge >= 0.3 is 0 Å². The molecule has 2 heterocycles. The first kappa shape index (κ1) is 15.9. The molecule has 2 aromatic carbocycles. The smallest absolute Gasteiger partial charge is 0.169 e. The number of fused-ring (bicyclic) bond motifs is 1. The van der Waals surface area contributed by atoms with Crippen LogP contribution in [0, 0.1) is 0 Å². The molecular weight excluding hydrogens is 314 g/mol. The zero-order valence-corrected chi connectivity index (χ0v) is 14.1. The number of hydrogen-bond acceptors (Lipinski definition) is 4. The fourth-order valence-corrected chi connectivity index (χ4v) is 3.51. The van der Waals surface area contributed by atoms with E-state index in [0.29, 0.717) is 29.4 Å². The monoisotopic (exact) mass is 335 g/mol. The van der Waals surface area contributed by atoms with Crippen molar-refractivity contribution >= 4 is 5.78 Å². The minimum atomic E-state index is 0.143. The van der Waals surface area contributed by atoms with E-state index in [0.717, 1.165) is 26.1 Å². The first-order valence-electron chi connectivity index (χ1n) is 8.72. The SMILES string of the molecule is O=C(CCN1CCC(c2ccccc2)C1)c1ccc2c(c1)OC=CO2. The Morgan fingerprint density at radius 2 is 1.84 bits per heavy atom. The molecule has 25 heavy (non-hydrogen) atoms. The molecule has 4 nitrogen and oxygen atoms in total. The van der Waals surface area contributed by atoms with Gasteiger partial charge in [-0.3, -0.25) is 4.79 Å². The second kappa shape index (κ2) is 7.11. The first-order valence-corrected chi connectivity index (χ1v) is 8.72. The first-order chi connectivity index (χ1) is 12.3. The molecule has 1 unspecified atom stereocenters. The van der Waals surface area contributed by atoms with Gasteiger partial charge in [0.25, 0.3) is 0 Å². The predicted molar refractivity (Wildman–Crippen MR) is 96.0 cm³/mol. The quantitative estimate of drug-likeness (QED) is 0.775. The van der Waals surface area contributed by atoms with Crippen LogP contribution >= 0.6 is 0 Å². The summed E-state index contributed by atoms with van der Waals surface area (Å²) in [5.74, 6) is 1.96. The van der Waals surface area contributed by atoms with Crippen LogP contribution in [0.15, 0.2) is 61.1 Å². The number of carbonyl (C=O) groups excluding carboxylic acids is 1. The van der Waals surface area contributed by atoms with Crippen LogP contribution < -0.4 is 9.47 Å². The van der Waals surface area contributed by atoms with Crippen molar-refractivity contribution in [3.05, 3.63) is 72.2 Å². The Bertz CT molecular complexity index is 785. The number of Topliss-reactive ketones (excluding diaryl/α,β-unsaturated/α-hetero) is 1. The summed E-state index contributed by atoms with van der Waals surface area (Å²) in [6.07, 6.45) is 4.65. The summed E-state index contributed by atoms with van der Waals surface area (Å²) < 4.78 is 10.7. The van der Waals surface area contributed by atoms with Crippen LogP contribution in [0.1, 0.15) is 34.7 Å². The minimum absolute atomic E-state index is 0.143. The van der Waals surface area contributed by atoms with E-state index >= 15 is 0 Å². The normalized spacial score (nSPS) is 19.1. The van der Waals surface area contributed by atoms with E-state index in [1.165, 1.54) is 18.1 Å². The average Bonchev–Trinajstić information content (AvgIpc) is 3.15. The molecule has 128 valence electrons. The van der Waals surface area contributed by atoms with Crippen molar-refractivity contribution < 1.29 is 14.3 Å². The molecule has 2 aliphatic rings. The van der Waals surface area contributed by atoms with Gasteiger partial charge in [0.05, 0.1) is 0 Å². The van der Waals surface area contributed by atoms with Crippen LogP contribution in [0.5, 0.6) is 11.5 Å². The second-order valence-electron chi connectivity index (χ2n) is 6.54. The minimum Gasteiger partial charge on any atom is -0.458 e. The molecule has 0 radical (unpaired) electrons.